The Kier molecular flexibility index (Phi) is 3.31. The maximum absolute atomic E-state index is 12.2. The van der Waals surface area contributed by atoms with Crippen LogP contribution in [0.1, 0.15) is 36.0 Å². The molecule has 2 fully saturated rings. The Morgan fingerprint density at radius 2 is 2.11 bits per heavy atom. The molecule has 0 radical (unpaired) electrons. The van der Waals surface area contributed by atoms with Gasteiger partial charge in [0.05, 0.1) is 11.0 Å². The number of nitrogens with zero attached hydrogens (tertiary/aromatic N) is 1. The first-order valence-electron chi connectivity index (χ1n) is 6.81. The Bertz CT molecular complexity index is 476. The second-order valence-corrected chi connectivity index (χ2v) is 6.22. The predicted molar refractivity (Wildman–Crippen MR) is 74.1 cm³/mol. The quantitative estimate of drug-likeness (QED) is 0.852. The van der Waals surface area contributed by atoms with E-state index in [1.54, 1.807) is 11.3 Å². The van der Waals surface area contributed by atoms with Crippen molar-refractivity contribution in [3.05, 3.63) is 22.4 Å². The third kappa shape index (κ3) is 2.27. The van der Waals surface area contributed by atoms with Crippen LogP contribution in [0.2, 0.25) is 0 Å². The van der Waals surface area contributed by atoms with E-state index in [4.69, 9.17) is 0 Å². The molecule has 2 saturated heterocycles. The number of piperidine rings is 2. The molecule has 0 atom stereocenters. The molecule has 102 valence electrons. The van der Waals surface area contributed by atoms with Gasteiger partial charge in [0, 0.05) is 25.0 Å². The Labute approximate surface area is 116 Å². The Morgan fingerprint density at radius 3 is 2.74 bits per heavy atom. The van der Waals surface area contributed by atoms with Crippen molar-refractivity contribution >= 4 is 23.2 Å². The van der Waals surface area contributed by atoms with E-state index >= 15 is 0 Å². The van der Waals surface area contributed by atoms with Crippen LogP contribution in [0.15, 0.2) is 16.8 Å². The molecule has 0 unspecified atom stereocenters. The van der Waals surface area contributed by atoms with Crippen LogP contribution < -0.4 is 5.32 Å². The van der Waals surface area contributed by atoms with Crippen molar-refractivity contribution in [1.82, 2.24) is 10.2 Å². The van der Waals surface area contributed by atoms with E-state index < -0.39 is 0 Å². The average Bonchev–Trinajstić information content (AvgIpc) is 2.96. The summed E-state index contributed by atoms with van der Waals surface area (Å²) in [6.07, 6.45) is 3.63. The molecule has 0 aliphatic carbocycles. The fraction of sp³-hybridized carbons (Fsp3) is 0.571. The molecule has 3 heterocycles. The zero-order valence-electron chi connectivity index (χ0n) is 10.9. The highest BCUT2D eigenvalue weighted by atomic mass is 32.1. The first kappa shape index (κ1) is 12.7. The maximum atomic E-state index is 12.2. The lowest BCUT2D eigenvalue weighted by atomic mass is 9.72. The molecule has 1 aromatic rings. The van der Waals surface area contributed by atoms with E-state index in [2.05, 4.69) is 5.32 Å². The lowest BCUT2D eigenvalue weighted by Crippen LogP contribution is -2.52. The minimum atomic E-state index is -0.205. The lowest BCUT2D eigenvalue weighted by molar-refractivity contribution is -0.136. The van der Waals surface area contributed by atoms with Crippen LogP contribution in [0, 0.1) is 5.41 Å². The summed E-state index contributed by atoms with van der Waals surface area (Å²) in [5.74, 6) is 0.300. The predicted octanol–water partition coefficient (Wildman–Crippen LogP) is 1.88. The standard InChI is InChI=1S/C14H18N2O2S/c17-12(11-2-9-19-10-11)16-7-4-14(5-8-16)3-1-6-15-13(14)18/h2,9-10H,1,3-8H2,(H,15,18). The van der Waals surface area contributed by atoms with Gasteiger partial charge in [0.1, 0.15) is 0 Å². The van der Waals surface area contributed by atoms with Crippen molar-refractivity contribution in [2.24, 2.45) is 5.41 Å². The van der Waals surface area contributed by atoms with Crippen LogP contribution in [-0.2, 0) is 4.79 Å². The van der Waals surface area contributed by atoms with Crippen LogP contribution in [0.5, 0.6) is 0 Å². The molecule has 1 N–H and O–H groups in total. The molecule has 2 aliphatic rings. The summed E-state index contributed by atoms with van der Waals surface area (Å²) >= 11 is 1.54. The number of likely N-dealkylation sites (tertiary alicyclic amines) is 1. The molecule has 3 rings (SSSR count). The van der Waals surface area contributed by atoms with E-state index in [1.165, 1.54) is 0 Å². The number of rotatable bonds is 1. The van der Waals surface area contributed by atoms with Gasteiger partial charge in [-0.3, -0.25) is 9.59 Å². The van der Waals surface area contributed by atoms with Gasteiger partial charge >= 0.3 is 0 Å². The monoisotopic (exact) mass is 278 g/mol. The number of carbonyl (C=O) groups excluding carboxylic acids is 2. The van der Waals surface area contributed by atoms with Crippen molar-refractivity contribution in [1.29, 1.82) is 0 Å². The Hall–Kier alpha value is -1.36. The Balaban J connectivity index is 1.66. The van der Waals surface area contributed by atoms with Crippen molar-refractivity contribution in [3.63, 3.8) is 0 Å². The maximum Gasteiger partial charge on any atom is 0.254 e. The van der Waals surface area contributed by atoms with Crippen molar-refractivity contribution < 1.29 is 9.59 Å². The first-order valence-corrected chi connectivity index (χ1v) is 7.75. The molecule has 19 heavy (non-hydrogen) atoms. The highest BCUT2D eigenvalue weighted by Crippen LogP contribution is 2.38. The van der Waals surface area contributed by atoms with Crippen LogP contribution in [0.4, 0.5) is 0 Å². The largest absolute Gasteiger partial charge is 0.356 e. The van der Waals surface area contributed by atoms with E-state index in [0.717, 1.165) is 37.8 Å². The SMILES string of the molecule is O=C(c1ccsc1)N1CCC2(CCCNC2=O)CC1. The van der Waals surface area contributed by atoms with Crippen LogP contribution in [0.25, 0.3) is 0 Å². The van der Waals surface area contributed by atoms with Gasteiger partial charge in [0.15, 0.2) is 0 Å². The number of nitrogens with one attached hydrogen (secondary N) is 1. The summed E-state index contributed by atoms with van der Waals surface area (Å²) in [6.45, 7) is 2.20. The fourth-order valence-corrected chi connectivity index (χ4v) is 3.74. The van der Waals surface area contributed by atoms with Crippen LogP contribution in [0.3, 0.4) is 0 Å². The molecule has 1 aromatic heterocycles. The molecule has 0 aromatic carbocycles. The smallest absolute Gasteiger partial charge is 0.254 e. The number of amides is 2. The van der Waals surface area contributed by atoms with E-state index in [9.17, 15) is 9.59 Å². The van der Waals surface area contributed by atoms with E-state index in [0.29, 0.717) is 13.1 Å². The second kappa shape index (κ2) is 4.96. The molecule has 0 saturated carbocycles. The number of thiophene rings is 1. The summed E-state index contributed by atoms with van der Waals surface area (Å²) in [5, 5.41) is 6.79. The van der Waals surface area contributed by atoms with Crippen LogP contribution in [-0.4, -0.2) is 36.3 Å². The van der Waals surface area contributed by atoms with E-state index in [1.807, 2.05) is 21.7 Å². The molecule has 5 heteroatoms. The normalized spacial score (nSPS) is 22.3. The molecule has 4 nitrogen and oxygen atoms in total. The van der Waals surface area contributed by atoms with Gasteiger partial charge < -0.3 is 10.2 Å². The Morgan fingerprint density at radius 1 is 1.32 bits per heavy atom. The van der Waals surface area contributed by atoms with Crippen LogP contribution >= 0.6 is 11.3 Å². The highest BCUT2D eigenvalue weighted by Gasteiger charge is 2.43. The third-order valence-corrected chi connectivity index (χ3v) is 5.06. The second-order valence-electron chi connectivity index (χ2n) is 5.44. The summed E-state index contributed by atoms with van der Waals surface area (Å²) in [4.78, 5) is 26.2. The first-order chi connectivity index (χ1) is 9.21. The third-order valence-electron chi connectivity index (χ3n) is 4.38. The fourth-order valence-electron chi connectivity index (χ4n) is 3.11. The molecule has 2 aliphatic heterocycles. The molecule has 2 amide bonds. The number of hydrogen-bond acceptors (Lipinski definition) is 3. The zero-order valence-corrected chi connectivity index (χ0v) is 11.7. The van der Waals surface area contributed by atoms with E-state index in [-0.39, 0.29) is 17.2 Å². The summed E-state index contributed by atoms with van der Waals surface area (Å²) < 4.78 is 0. The highest BCUT2D eigenvalue weighted by molar-refractivity contribution is 7.08. The topological polar surface area (TPSA) is 49.4 Å². The minimum Gasteiger partial charge on any atom is -0.356 e. The minimum absolute atomic E-state index is 0.104. The van der Waals surface area contributed by atoms with Gasteiger partial charge in [-0.2, -0.15) is 11.3 Å². The lowest BCUT2D eigenvalue weighted by Gasteiger charge is -2.42. The van der Waals surface area contributed by atoms with Crippen molar-refractivity contribution in [2.45, 2.75) is 25.7 Å². The average molecular weight is 278 g/mol. The van der Waals surface area contributed by atoms with Gasteiger partial charge in [-0.1, -0.05) is 0 Å². The van der Waals surface area contributed by atoms with Gasteiger partial charge in [-0.25, -0.2) is 0 Å². The number of hydrogen-bond donors (Lipinski definition) is 1. The zero-order chi connectivity index (χ0) is 13.3. The summed E-state index contributed by atoms with van der Waals surface area (Å²) in [5.41, 5.74) is 0.568. The molecular formula is C14H18N2O2S. The summed E-state index contributed by atoms with van der Waals surface area (Å²) in [7, 11) is 0. The molecular weight excluding hydrogens is 260 g/mol. The molecule has 0 bridgehead atoms. The van der Waals surface area contributed by atoms with Crippen molar-refractivity contribution in [2.75, 3.05) is 19.6 Å². The van der Waals surface area contributed by atoms with Gasteiger partial charge in [-0.15, -0.1) is 0 Å². The van der Waals surface area contributed by atoms with Gasteiger partial charge in [-0.05, 0) is 37.1 Å². The summed E-state index contributed by atoms with van der Waals surface area (Å²) in [6, 6.07) is 1.87. The van der Waals surface area contributed by atoms with Gasteiger partial charge in [0.2, 0.25) is 5.91 Å². The van der Waals surface area contributed by atoms with Gasteiger partial charge in [0.25, 0.3) is 5.91 Å². The molecule has 1 spiro atoms. The number of carbonyl (C=O) groups is 2. The van der Waals surface area contributed by atoms with Crippen molar-refractivity contribution in [3.8, 4) is 0 Å².